The van der Waals surface area contributed by atoms with E-state index in [1.54, 1.807) is 0 Å². The smallest absolute Gasteiger partial charge is 0.305 e. The van der Waals surface area contributed by atoms with Crippen LogP contribution in [-0.4, -0.2) is 27.0 Å². The lowest BCUT2D eigenvalue weighted by Gasteiger charge is -2.33. The Morgan fingerprint density at radius 3 is 2.18 bits per heavy atom. The molecule has 0 heterocycles. The zero-order valence-electron chi connectivity index (χ0n) is 12.3. The monoisotopic (exact) mass is 260 g/mol. The first kappa shape index (κ1) is 16.6. The van der Waals surface area contributed by atoms with Crippen LogP contribution < -0.4 is 0 Å². The summed E-state index contributed by atoms with van der Waals surface area (Å²) in [5.74, 6) is -0.109. The van der Waals surface area contributed by atoms with E-state index in [1.807, 2.05) is 0 Å². The first-order valence-corrected chi connectivity index (χ1v) is 9.84. The van der Waals surface area contributed by atoms with Crippen molar-refractivity contribution in [2.24, 2.45) is 0 Å². The van der Waals surface area contributed by atoms with Gasteiger partial charge in [-0.3, -0.25) is 4.79 Å². The fourth-order valence-corrected chi connectivity index (χ4v) is 3.74. The third-order valence-electron chi connectivity index (χ3n) is 2.47. The molecular weight excluding hydrogens is 232 g/mol. The summed E-state index contributed by atoms with van der Waals surface area (Å²) in [5, 5.41) is 0. The van der Waals surface area contributed by atoms with Gasteiger partial charge in [-0.2, -0.15) is 0 Å². The zero-order chi connectivity index (χ0) is 13.5. The topological polar surface area (TPSA) is 35.5 Å². The number of ether oxygens (including phenoxy) is 1. The third kappa shape index (κ3) is 10.5. The summed E-state index contributed by atoms with van der Waals surface area (Å²) in [6, 6.07) is 0. The maximum atomic E-state index is 10.9. The predicted octanol–water partition coefficient (Wildman–Crippen LogP) is 3.74. The van der Waals surface area contributed by atoms with Crippen molar-refractivity contribution in [1.82, 2.24) is 0 Å². The number of carbonyl (C=O) groups is 1. The van der Waals surface area contributed by atoms with E-state index in [1.165, 1.54) is 7.11 Å². The molecule has 0 aliphatic rings. The van der Waals surface area contributed by atoms with Crippen LogP contribution in [-0.2, 0) is 14.0 Å². The minimum atomic E-state index is -1.46. The number of unbranched alkanes of at least 4 members (excludes halogenated alkanes) is 2. The van der Waals surface area contributed by atoms with E-state index in [0.29, 0.717) is 6.42 Å². The van der Waals surface area contributed by atoms with Crippen LogP contribution in [0, 0.1) is 0 Å². The Balaban J connectivity index is 3.69. The van der Waals surface area contributed by atoms with Gasteiger partial charge >= 0.3 is 5.97 Å². The molecule has 17 heavy (non-hydrogen) atoms. The Labute approximate surface area is 107 Å². The van der Waals surface area contributed by atoms with Crippen LogP contribution in [0.25, 0.3) is 0 Å². The molecule has 0 aliphatic heterocycles. The van der Waals surface area contributed by atoms with Gasteiger partial charge in [-0.1, -0.05) is 12.8 Å². The molecule has 0 spiro atoms. The molecule has 0 unspecified atom stereocenters. The van der Waals surface area contributed by atoms with Crippen LogP contribution in [0.3, 0.4) is 0 Å². The van der Waals surface area contributed by atoms with Crippen molar-refractivity contribution >= 4 is 14.3 Å². The number of rotatable bonds is 8. The summed E-state index contributed by atoms with van der Waals surface area (Å²) in [6.07, 6.45) is 4.67. The van der Waals surface area contributed by atoms with E-state index in [-0.39, 0.29) is 11.6 Å². The number of hydrogen-bond donors (Lipinski definition) is 0. The minimum absolute atomic E-state index is 0.0320. The highest BCUT2D eigenvalue weighted by molar-refractivity contribution is 6.69. The quantitative estimate of drug-likeness (QED) is 0.379. The highest BCUT2D eigenvalue weighted by atomic mass is 28.4. The second kappa shape index (κ2) is 7.16. The van der Waals surface area contributed by atoms with E-state index in [9.17, 15) is 4.79 Å². The van der Waals surface area contributed by atoms with Gasteiger partial charge in [0.1, 0.15) is 0 Å². The van der Waals surface area contributed by atoms with Gasteiger partial charge < -0.3 is 9.16 Å². The van der Waals surface area contributed by atoms with Crippen LogP contribution in [0.4, 0.5) is 0 Å². The van der Waals surface area contributed by atoms with Crippen molar-refractivity contribution in [3.05, 3.63) is 0 Å². The van der Waals surface area contributed by atoms with E-state index in [0.717, 1.165) is 25.7 Å². The fourth-order valence-electron chi connectivity index (χ4n) is 1.98. The van der Waals surface area contributed by atoms with Crippen molar-refractivity contribution in [2.45, 2.75) is 71.2 Å². The molecule has 3 nitrogen and oxygen atoms in total. The average Bonchev–Trinajstić information content (AvgIpc) is 2.12. The molecule has 0 N–H and O–H groups in total. The largest absolute Gasteiger partial charge is 0.469 e. The van der Waals surface area contributed by atoms with Crippen molar-refractivity contribution < 1.29 is 14.0 Å². The van der Waals surface area contributed by atoms with Crippen LogP contribution >= 0.6 is 0 Å². The molecule has 0 aromatic rings. The fraction of sp³-hybridized carbons (Fsp3) is 0.923. The molecule has 0 amide bonds. The summed E-state index contributed by atoms with van der Waals surface area (Å²) in [4.78, 5) is 10.9. The van der Waals surface area contributed by atoms with Gasteiger partial charge in [0, 0.05) is 6.42 Å². The molecule has 0 aliphatic carbocycles. The Bertz CT molecular complexity index is 231. The standard InChI is InChI=1S/C13H28O3Si/c1-13(2,16-17(4,5)6)11-9-7-8-10-12(14)15-3/h7-11H2,1-6H3. The SMILES string of the molecule is COC(=O)CCCCCC(C)(C)O[Si](C)(C)C. The first-order chi connectivity index (χ1) is 7.66. The number of hydrogen-bond acceptors (Lipinski definition) is 3. The number of carbonyl (C=O) groups excluding carboxylic acids is 1. The summed E-state index contributed by atoms with van der Waals surface area (Å²) >= 11 is 0. The van der Waals surface area contributed by atoms with E-state index < -0.39 is 8.32 Å². The molecule has 0 fully saturated rings. The van der Waals surface area contributed by atoms with Crippen LogP contribution in [0.1, 0.15) is 46.0 Å². The molecule has 0 aromatic carbocycles. The Hall–Kier alpha value is -0.353. The summed E-state index contributed by atoms with van der Waals surface area (Å²) in [5.41, 5.74) is -0.0320. The van der Waals surface area contributed by atoms with Crippen molar-refractivity contribution in [3.63, 3.8) is 0 Å². The van der Waals surface area contributed by atoms with E-state index >= 15 is 0 Å². The molecule has 102 valence electrons. The Kier molecular flexibility index (Phi) is 7.01. The van der Waals surface area contributed by atoms with Crippen molar-refractivity contribution in [1.29, 1.82) is 0 Å². The van der Waals surface area contributed by atoms with Gasteiger partial charge in [0.05, 0.1) is 12.7 Å². The first-order valence-electron chi connectivity index (χ1n) is 6.43. The number of esters is 1. The molecule has 0 saturated carbocycles. The van der Waals surface area contributed by atoms with Crippen molar-refractivity contribution in [2.75, 3.05) is 7.11 Å². The zero-order valence-corrected chi connectivity index (χ0v) is 13.3. The van der Waals surface area contributed by atoms with Crippen LogP contribution in [0.2, 0.25) is 19.6 Å². The second-order valence-corrected chi connectivity index (χ2v) is 10.5. The van der Waals surface area contributed by atoms with Gasteiger partial charge in [0.2, 0.25) is 0 Å². The van der Waals surface area contributed by atoms with Gasteiger partial charge in [0.25, 0.3) is 0 Å². The van der Waals surface area contributed by atoms with Gasteiger partial charge in [-0.15, -0.1) is 0 Å². The molecule has 4 heteroatoms. The normalized spacial score (nSPS) is 12.6. The van der Waals surface area contributed by atoms with Crippen LogP contribution in [0.5, 0.6) is 0 Å². The lowest BCUT2D eigenvalue weighted by Crippen LogP contribution is -2.38. The van der Waals surface area contributed by atoms with Crippen LogP contribution in [0.15, 0.2) is 0 Å². The lowest BCUT2D eigenvalue weighted by molar-refractivity contribution is -0.140. The highest BCUT2D eigenvalue weighted by Crippen LogP contribution is 2.23. The second-order valence-electron chi connectivity index (χ2n) is 6.11. The Morgan fingerprint density at radius 1 is 1.12 bits per heavy atom. The molecule has 0 radical (unpaired) electrons. The lowest BCUT2D eigenvalue weighted by atomic mass is 10.0. The molecule has 0 saturated heterocycles. The van der Waals surface area contributed by atoms with Gasteiger partial charge in [0.15, 0.2) is 8.32 Å². The highest BCUT2D eigenvalue weighted by Gasteiger charge is 2.26. The summed E-state index contributed by atoms with van der Waals surface area (Å²) in [7, 11) is -0.0212. The molecule has 0 atom stereocenters. The predicted molar refractivity (Wildman–Crippen MR) is 73.6 cm³/mol. The number of methoxy groups -OCH3 is 1. The Morgan fingerprint density at radius 2 is 1.71 bits per heavy atom. The molecule has 0 aromatic heterocycles. The molecule has 0 bridgehead atoms. The maximum absolute atomic E-state index is 10.9. The third-order valence-corrected chi connectivity index (χ3v) is 3.63. The van der Waals surface area contributed by atoms with Gasteiger partial charge in [-0.05, 0) is 46.3 Å². The average molecular weight is 260 g/mol. The van der Waals surface area contributed by atoms with Gasteiger partial charge in [-0.25, -0.2) is 0 Å². The molecule has 0 rings (SSSR count). The molecular formula is C13H28O3Si. The summed E-state index contributed by atoms with van der Waals surface area (Å²) in [6.45, 7) is 11.0. The van der Waals surface area contributed by atoms with Crippen molar-refractivity contribution in [3.8, 4) is 0 Å². The minimum Gasteiger partial charge on any atom is -0.469 e. The van der Waals surface area contributed by atoms with E-state index in [2.05, 4.69) is 38.2 Å². The van der Waals surface area contributed by atoms with E-state index in [4.69, 9.17) is 4.43 Å². The summed E-state index contributed by atoms with van der Waals surface area (Å²) < 4.78 is 10.7. The maximum Gasteiger partial charge on any atom is 0.305 e.